The summed E-state index contributed by atoms with van der Waals surface area (Å²) in [7, 11) is 0. The van der Waals surface area contributed by atoms with Gasteiger partial charge in [0.1, 0.15) is 0 Å². The first-order valence-corrected chi connectivity index (χ1v) is 8.11. The fraction of sp³-hybridized carbons (Fsp3) is 0.800. The molecule has 2 aliphatic rings. The molecule has 3 unspecified atom stereocenters. The molecule has 2 fully saturated rings. The Kier molecular flexibility index (Phi) is 6.46. The van der Waals surface area contributed by atoms with Crippen LogP contribution in [0.5, 0.6) is 0 Å². The van der Waals surface area contributed by atoms with Gasteiger partial charge in [0.05, 0.1) is 12.5 Å². The Bertz CT molecular complexity index is 440. The number of nitrogens with one attached hydrogen (secondary N) is 3. The topological polar surface area (TPSA) is 110 Å². The highest BCUT2D eigenvalue weighted by Crippen LogP contribution is 2.24. The lowest BCUT2D eigenvalue weighted by atomic mass is 9.86. The minimum absolute atomic E-state index is 0.0637. The van der Waals surface area contributed by atoms with Crippen LogP contribution in [-0.2, 0) is 4.79 Å². The molecule has 0 amide bonds. The van der Waals surface area contributed by atoms with Crippen molar-refractivity contribution in [2.75, 3.05) is 13.1 Å². The minimum atomic E-state index is -0.732. The molecule has 1 aliphatic carbocycles. The van der Waals surface area contributed by atoms with Crippen LogP contribution in [0.1, 0.15) is 44.9 Å². The quantitative estimate of drug-likeness (QED) is 0.264. The normalized spacial score (nSPS) is 29.4. The smallest absolute Gasteiger partial charge is 0.306 e. The van der Waals surface area contributed by atoms with Gasteiger partial charge in [0, 0.05) is 12.1 Å². The Morgan fingerprint density at radius 3 is 2.86 bits per heavy atom. The summed E-state index contributed by atoms with van der Waals surface area (Å²) in [6, 6.07) is 0.429. The first-order chi connectivity index (χ1) is 10.7. The standard InChI is InChI=1S/C15H25N5O2/c16-10-19-15(18-9-13-5-1-2-7-17-13)20-12-6-3-4-11(8-12)14(21)22/h11-13,17H,1-9H2,(H,21,22)(H2,18,19,20). The largest absolute Gasteiger partial charge is 0.481 e. The zero-order valence-corrected chi connectivity index (χ0v) is 12.8. The maximum atomic E-state index is 11.1. The molecule has 7 nitrogen and oxygen atoms in total. The molecule has 0 spiro atoms. The van der Waals surface area contributed by atoms with E-state index < -0.39 is 5.97 Å². The van der Waals surface area contributed by atoms with Gasteiger partial charge < -0.3 is 15.7 Å². The van der Waals surface area contributed by atoms with Gasteiger partial charge in [0.25, 0.3) is 0 Å². The summed E-state index contributed by atoms with van der Waals surface area (Å²) in [5, 5.41) is 27.2. The molecule has 1 heterocycles. The van der Waals surface area contributed by atoms with Crippen LogP contribution in [0, 0.1) is 17.4 Å². The highest BCUT2D eigenvalue weighted by Gasteiger charge is 2.27. The van der Waals surface area contributed by atoms with Gasteiger partial charge in [0.2, 0.25) is 5.96 Å². The summed E-state index contributed by atoms with van der Waals surface area (Å²) >= 11 is 0. The lowest BCUT2D eigenvalue weighted by Crippen LogP contribution is -2.45. The molecule has 1 aliphatic heterocycles. The second-order valence-electron chi connectivity index (χ2n) is 6.12. The summed E-state index contributed by atoms with van der Waals surface area (Å²) in [5.74, 6) is -0.565. The molecule has 2 rings (SSSR count). The van der Waals surface area contributed by atoms with Crippen molar-refractivity contribution in [1.82, 2.24) is 16.0 Å². The van der Waals surface area contributed by atoms with Crippen molar-refractivity contribution >= 4 is 11.9 Å². The number of guanidine groups is 1. The number of piperidine rings is 1. The van der Waals surface area contributed by atoms with E-state index in [1.807, 2.05) is 6.19 Å². The molecule has 1 saturated heterocycles. The molecule has 0 aromatic carbocycles. The zero-order valence-electron chi connectivity index (χ0n) is 12.8. The second-order valence-corrected chi connectivity index (χ2v) is 6.12. The summed E-state index contributed by atoms with van der Waals surface area (Å²) in [6.07, 6.45) is 8.55. The maximum Gasteiger partial charge on any atom is 0.306 e. The van der Waals surface area contributed by atoms with Crippen LogP contribution in [0.2, 0.25) is 0 Å². The third-order valence-corrected chi connectivity index (χ3v) is 4.42. The third-order valence-electron chi connectivity index (χ3n) is 4.42. The monoisotopic (exact) mass is 307 g/mol. The lowest BCUT2D eigenvalue weighted by molar-refractivity contribution is -0.143. The van der Waals surface area contributed by atoms with Gasteiger partial charge in [-0.15, -0.1) is 0 Å². The molecule has 0 aromatic heterocycles. The van der Waals surface area contributed by atoms with E-state index in [-0.39, 0.29) is 12.0 Å². The predicted octanol–water partition coefficient (Wildman–Crippen LogP) is 0.788. The maximum absolute atomic E-state index is 11.1. The summed E-state index contributed by atoms with van der Waals surface area (Å²) in [6.45, 7) is 1.66. The minimum Gasteiger partial charge on any atom is -0.481 e. The van der Waals surface area contributed by atoms with Crippen LogP contribution in [0.25, 0.3) is 0 Å². The number of hydrogen-bond donors (Lipinski definition) is 4. The highest BCUT2D eigenvalue weighted by atomic mass is 16.4. The first kappa shape index (κ1) is 16.6. The van der Waals surface area contributed by atoms with Crippen molar-refractivity contribution in [2.45, 2.75) is 57.0 Å². The number of aliphatic carboxylic acids is 1. The van der Waals surface area contributed by atoms with E-state index in [2.05, 4.69) is 20.9 Å². The van der Waals surface area contributed by atoms with Crippen molar-refractivity contribution in [2.24, 2.45) is 10.9 Å². The Hall–Kier alpha value is -1.81. The van der Waals surface area contributed by atoms with Gasteiger partial charge in [0.15, 0.2) is 6.19 Å². The van der Waals surface area contributed by atoms with E-state index in [0.29, 0.717) is 25.0 Å². The fourth-order valence-corrected chi connectivity index (χ4v) is 3.19. The number of aliphatic imine (C=N–C) groups is 1. The number of carboxylic acids is 1. The first-order valence-electron chi connectivity index (χ1n) is 8.11. The number of nitriles is 1. The molecule has 0 aromatic rings. The van der Waals surface area contributed by atoms with E-state index >= 15 is 0 Å². The van der Waals surface area contributed by atoms with E-state index in [4.69, 9.17) is 10.4 Å². The Balaban J connectivity index is 1.87. The summed E-state index contributed by atoms with van der Waals surface area (Å²) in [4.78, 5) is 15.6. The lowest BCUT2D eigenvalue weighted by Gasteiger charge is -2.28. The summed E-state index contributed by atoms with van der Waals surface area (Å²) in [5.41, 5.74) is 0. The van der Waals surface area contributed by atoms with E-state index in [1.165, 1.54) is 12.8 Å². The van der Waals surface area contributed by atoms with Crippen LogP contribution >= 0.6 is 0 Å². The summed E-state index contributed by atoms with van der Waals surface area (Å²) < 4.78 is 0. The zero-order chi connectivity index (χ0) is 15.8. The molecular weight excluding hydrogens is 282 g/mol. The molecule has 0 bridgehead atoms. The highest BCUT2D eigenvalue weighted by molar-refractivity contribution is 5.81. The molecule has 0 radical (unpaired) electrons. The predicted molar refractivity (Wildman–Crippen MR) is 83.2 cm³/mol. The number of carboxylic acid groups (broad SMARTS) is 1. The van der Waals surface area contributed by atoms with Crippen LogP contribution < -0.4 is 16.0 Å². The van der Waals surface area contributed by atoms with Gasteiger partial charge in [-0.25, -0.2) is 0 Å². The van der Waals surface area contributed by atoms with Crippen LogP contribution in [0.3, 0.4) is 0 Å². The molecular formula is C15H25N5O2. The van der Waals surface area contributed by atoms with Gasteiger partial charge in [-0.2, -0.15) is 5.26 Å². The molecule has 7 heteroatoms. The Morgan fingerprint density at radius 1 is 1.32 bits per heavy atom. The van der Waals surface area contributed by atoms with Gasteiger partial charge >= 0.3 is 5.97 Å². The van der Waals surface area contributed by atoms with Crippen molar-refractivity contribution in [3.63, 3.8) is 0 Å². The number of hydrogen-bond acceptors (Lipinski definition) is 4. The second kappa shape index (κ2) is 8.59. The third kappa shape index (κ3) is 5.19. The Labute approximate surface area is 131 Å². The number of rotatable bonds is 4. The number of carbonyl (C=O) groups is 1. The van der Waals surface area contributed by atoms with Crippen molar-refractivity contribution in [3.8, 4) is 6.19 Å². The SMILES string of the molecule is N#CNC(=NCC1CCCCN1)NC1CCCC(C(=O)O)C1. The molecule has 22 heavy (non-hydrogen) atoms. The van der Waals surface area contributed by atoms with Gasteiger partial charge in [-0.05, 0) is 38.6 Å². The van der Waals surface area contributed by atoms with Crippen LogP contribution in [0.4, 0.5) is 0 Å². The van der Waals surface area contributed by atoms with E-state index in [0.717, 1.165) is 32.2 Å². The molecule has 1 saturated carbocycles. The average Bonchev–Trinajstić information content (AvgIpc) is 2.54. The molecule has 3 atom stereocenters. The van der Waals surface area contributed by atoms with Crippen molar-refractivity contribution in [3.05, 3.63) is 0 Å². The van der Waals surface area contributed by atoms with Crippen molar-refractivity contribution < 1.29 is 9.90 Å². The van der Waals surface area contributed by atoms with Crippen LogP contribution in [-0.4, -0.2) is 42.2 Å². The van der Waals surface area contributed by atoms with Crippen molar-refractivity contribution in [1.29, 1.82) is 5.26 Å². The molecule has 4 N–H and O–H groups in total. The van der Waals surface area contributed by atoms with Gasteiger partial charge in [-0.1, -0.05) is 12.8 Å². The van der Waals surface area contributed by atoms with Gasteiger partial charge in [-0.3, -0.25) is 15.1 Å². The Morgan fingerprint density at radius 2 is 2.18 bits per heavy atom. The van der Waals surface area contributed by atoms with E-state index in [1.54, 1.807) is 0 Å². The number of nitrogens with zero attached hydrogens (tertiary/aromatic N) is 2. The van der Waals surface area contributed by atoms with Crippen LogP contribution in [0.15, 0.2) is 4.99 Å². The average molecular weight is 307 g/mol. The molecule has 122 valence electrons. The van der Waals surface area contributed by atoms with E-state index in [9.17, 15) is 4.79 Å². The fourth-order valence-electron chi connectivity index (χ4n) is 3.19.